The number of nitrogen functional groups attached to an aromatic ring is 1. The molecule has 0 saturated carbocycles. The molecule has 1 amide bonds. The van der Waals surface area contributed by atoms with Crippen LogP contribution in [0.2, 0.25) is 0 Å². The maximum atomic E-state index is 12.6. The minimum atomic E-state index is 0.0203. The van der Waals surface area contributed by atoms with E-state index in [0.29, 0.717) is 15.9 Å². The summed E-state index contributed by atoms with van der Waals surface area (Å²) in [5.41, 5.74) is 11.9. The molecule has 21 heavy (non-hydrogen) atoms. The lowest BCUT2D eigenvalue weighted by atomic mass is 10.3. The van der Waals surface area contributed by atoms with Crippen molar-refractivity contribution in [2.75, 3.05) is 42.6 Å². The third-order valence-corrected chi connectivity index (χ3v) is 6.12. The fourth-order valence-electron chi connectivity index (χ4n) is 2.72. The van der Waals surface area contributed by atoms with Crippen molar-refractivity contribution in [1.29, 1.82) is 0 Å². The second-order valence-corrected chi connectivity index (χ2v) is 8.16. The van der Waals surface area contributed by atoms with Gasteiger partial charge in [0.05, 0.1) is 0 Å². The van der Waals surface area contributed by atoms with Crippen LogP contribution in [0.3, 0.4) is 0 Å². The van der Waals surface area contributed by atoms with Crippen LogP contribution in [0, 0.1) is 0 Å². The van der Waals surface area contributed by atoms with Crippen molar-refractivity contribution in [3.8, 4) is 0 Å². The number of rotatable bonds is 2. The SMILES string of the molecule is CC1CN(C(=O)c2sc(N3CCC(N)C3)nc2N)CCS1. The lowest BCUT2D eigenvalue weighted by Gasteiger charge is -2.30. The summed E-state index contributed by atoms with van der Waals surface area (Å²) in [6.07, 6.45) is 0.962. The summed E-state index contributed by atoms with van der Waals surface area (Å²) < 4.78 is 0. The van der Waals surface area contributed by atoms with E-state index in [2.05, 4.69) is 16.8 Å². The first-order valence-corrected chi connectivity index (χ1v) is 9.09. The largest absolute Gasteiger partial charge is 0.382 e. The molecule has 1 aromatic heterocycles. The fraction of sp³-hybridized carbons (Fsp3) is 0.692. The lowest BCUT2D eigenvalue weighted by Crippen LogP contribution is -2.40. The Morgan fingerprint density at radius 3 is 2.86 bits per heavy atom. The molecule has 0 radical (unpaired) electrons. The van der Waals surface area contributed by atoms with E-state index in [0.717, 1.165) is 43.5 Å². The molecular formula is C13H21N5OS2. The Kier molecular flexibility index (Phi) is 4.28. The maximum Gasteiger partial charge on any atom is 0.267 e. The first-order chi connectivity index (χ1) is 10.0. The zero-order valence-electron chi connectivity index (χ0n) is 12.1. The topological polar surface area (TPSA) is 88.5 Å². The fourth-order valence-corrected chi connectivity index (χ4v) is 4.72. The number of nitrogens with two attached hydrogens (primary N) is 2. The molecule has 3 heterocycles. The average molecular weight is 327 g/mol. The summed E-state index contributed by atoms with van der Waals surface area (Å²) in [5.74, 6) is 1.36. The summed E-state index contributed by atoms with van der Waals surface area (Å²) in [6.45, 7) is 5.40. The van der Waals surface area contributed by atoms with Crippen LogP contribution >= 0.6 is 23.1 Å². The van der Waals surface area contributed by atoms with Crippen LogP contribution in [0.5, 0.6) is 0 Å². The van der Waals surface area contributed by atoms with Gasteiger partial charge in [0.2, 0.25) is 0 Å². The number of carbonyl (C=O) groups is 1. The Bertz CT molecular complexity index is 535. The molecule has 6 nitrogen and oxygen atoms in total. The number of amides is 1. The predicted octanol–water partition coefficient (Wildman–Crippen LogP) is 0.840. The van der Waals surface area contributed by atoms with E-state index in [4.69, 9.17) is 11.5 Å². The van der Waals surface area contributed by atoms with Crippen LogP contribution in [0.4, 0.5) is 10.9 Å². The average Bonchev–Trinajstić information content (AvgIpc) is 3.04. The van der Waals surface area contributed by atoms with Crippen molar-refractivity contribution in [3.63, 3.8) is 0 Å². The van der Waals surface area contributed by atoms with Gasteiger partial charge in [0.25, 0.3) is 5.91 Å². The van der Waals surface area contributed by atoms with Gasteiger partial charge < -0.3 is 21.3 Å². The standard InChI is InChI=1S/C13H21N5OS2/c1-8-6-17(4-5-20-8)12(19)10-11(15)16-13(21-10)18-3-2-9(14)7-18/h8-9H,2-7,14-15H2,1H3. The van der Waals surface area contributed by atoms with Crippen molar-refractivity contribution in [1.82, 2.24) is 9.88 Å². The first-order valence-electron chi connectivity index (χ1n) is 7.22. The Labute approximate surface area is 132 Å². The maximum absolute atomic E-state index is 12.6. The number of carbonyl (C=O) groups excluding carboxylic acids is 1. The predicted molar refractivity (Wildman–Crippen MR) is 89.2 cm³/mol. The molecule has 3 rings (SSSR count). The molecule has 2 aliphatic rings. The van der Waals surface area contributed by atoms with E-state index in [1.54, 1.807) is 0 Å². The molecule has 0 aromatic carbocycles. The summed E-state index contributed by atoms with van der Waals surface area (Å²) >= 11 is 3.30. The van der Waals surface area contributed by atoms with Crippen LogP contribution in [-0.4, -0.2) is 59.0 Å². The zero-order chi connectivity index (χ0) is 15.0. The van der Waals surface area contributed by atoms with Crippen LogP contribution in [0.1, 0.15) is 23.0 Å². The van der Waals surface area contributed by atoms with Gasteiger partial charge in [0.15, 0.2) is 5.13 Å². The highest BCUT2D eigenvalue weighted by atomic mass is 32.2. The van der Waals surface area contributed by atoms with Crippen molar-refractivity contribution < 1.29 is 4.79 Å². The van der Waals surface area contributed by atoms with Gasteiger partial charge in [-0.25, -0.2) is 4.98 Å². The molecule has 2 saturated heterocycles. The summed E-state index contributed by atoms with van der Waals surface area (Å²) in [4.78, 5) is 21.6. The summed E-state index contributed by atoms with van der Waals surface area (Å²) in [6, 6.07) is 0.189. The van der Waals surface area contributed by atoms with Gasteiger partial charge in [-0.3, -0.25) is 4.79 Å². The Morgan fingerprint density at radius 1 is 1.38 bits per heavy atom. The molecule has 2 aliphatic heterocycles. The molecule has 8 heteroatoms. The van der Waals surface area contributed by atoms with Crippen LogP contribution in [0.25, 0.3) is 0 Å². The minimum Gasteiger partial charge on any atom is -0.382 e. The molecule has 116 valence electrons. The van der Waals surface area contributed by atoms with Gasteiger partial charge in [0, 0.05) is 43.2 Å². The number of nitrogens with zero attached hydrogens (tertiary/aromatic N) is 3. The number of hydrogen-bond donors (Lipinski definition) is 2. The quantitative estimate of drug-likeness (QED) is 0.837. The molecule has 0 aliphatic carbocycles. The third kappa shape index (κ3) is 3.12. The van der Waals surface area contributed by atoms with Gasteiger partial charge in [-0.1, -0.05) is 18.3 Å². The van der Waals surface area contributed by atoms with E-state index in [1.807, 2.05) is 16.7 Å². The summed E-state index contributed by atoms with van der Waals surface area (Å²) in [5, 5.41) is 1.30. The smallest absolute Gasteiger partial charge is 0.267 e. The highest BCUT2D eigenvalue weighted by molar-refractivity contribution is 7.99. The van der Waals surface area contributed by atoms with E-state index >= 15 is 0 Å². The normalized spacial score (nSPS) is 26.4. The second kappa shape index (κ2) is 6.02. The van der Waals surface area contributed by atoms with Crippen molar-refractivity contribution in [3.05, 3.63) is 4.88 Å². The van der Waals surface area contributed by atoms with Gasteiger partial charge in [-0.05, 0) is 6.42 Å². The van der Waals surface area contributed by atoms with Crippen LogP contribution in [0.15, 0.2) is 0 Å². The number of aromatic nitrogens is 1. The number of thioether (sulfide) groups is 1. The summed E-state index contributed by atoms with van der Waals surface area (Å²) in [7, 11) is 0. The van der Waals surface area contributed by atoms with Crippen molar-refractivity contribution in [2.45, 2.75) is 24.6 Å². The van der Waals surface area contributed by atoms with Gasteiger partial charge in [-0.15, -0.1) is 0 Å². The van der Waals surface area contributed by atoms with E-state index in [9.17, 15) is 4.79 Å². The van der Waals surface area contributed by atoms with Crippen LogP contribution in [-0.2, 0) is 0 Å². The Balaban J connectivity index is 1.76. The Morgan fingerprint density at radius 2 is 2.19 bits per heavy atom. The van der Waals surface area contributed by atoms with Gasteiger partial charge in [-0.2, -0.15) is 11.8 Å². The molecule has 2 atom stereocenters. The molecule has 1 aromatic rings. The third-order valence-electron chi connectivity index (χ3n) is 3.86. The van der Waals surface area contributed by atoms with E-state index in [-0.39, 0.29) is 11.9 Å². The lowest BCUT2D eigenvalue weighted by molar-refractivity contribution is 0.0769. The van der Waals surface area contributed by atoms with Gasteiger partial charge >= 0.3 is 0 Å². The van der Waals surface area contributed by atoms with E-state index < -0.39 is 0 Å². The molecule has 0 bridgehead atoms. The van der Waals surface area contributed by atoms with E-state index in [1.165, 1.54) is 11.3 Å². The Hall–Kier alpha value is -0.990. The zero-order valence-corrected chi connectivity index (χ0v) is 13.8. The van der Waals surface area contributed by atoms with Crippen molar-refractivity contribution in [2.24, 2.45) is 5.73 Å². The minimum absolute atomic E-state index is 0.0203. The number of hydrogen-bond acceptors (Lipinski definition) is 7. The van der Waals surface area contributed by atoms with Gasteiger partial charge in [0.1, 0.15) is 10.7 Å². The molecular weight excluding hydrogens is 306 g/mol. The van der Waals surface area contributed by atoms with Crippen LogP contribution < -0.4 is 16.4 Å². The number of anilines is 2. The molecule has 0 spiro atoms. The molecule has 2 fully saturated rings. The monoisotopic (exact) mass is 327 g/mol. The molecule has 2 unspecified atom stereocenters. The highest BCUT2D eigenvalue weighted by Gasteiger charge is 2.28. The first kappa shape index (κ1) is 14.9. The van der Waals surface area contributed by atoms with Crippen molar-refractivity contribution >= 4 is 40.0 Å². The molecule has 4 N–H and O–H groups in total. The number of thiazole rings is 1. The second-order valence-electron chi connectivity index (χ2n) is 5.64. The highest BCUT2D eigenvalue weighted by Crippen LogP contribution is 2.32.